The van der Waals surface area contributed by atoms with Crippen molar-refractivity contribution in [2.75, 3.05) is 6.61 Å². The maximum Gasteiger partial charge on any atom is 0.333 e. The molecule has 168 valence electrons. The standard InChI is InChI=1S/C22H30N4O4S/c1-22(2)11-15(17-5-3-4-6-18(17)22)10-21-25-13-24-20(26-21)9-14-7-16(19(27)8-14)12-30-31(23,28)29/h3-6,13-16,19,27H,7-12H2,1-2H3,(H2,23,28,29)/t14-,15?,16+,19+/m1/s1. The van der Waals surface area contributed by atoms with E-state index in [9.17, 15) is 13.5 Å². The molecule has 3 N–H and O–H groups in total. The van der Waals surface area contributed by atoms with Gasteiger partial charge >= 0.3 is 10.3 Å². The summed E-state index contributed by atoms with van der Waals surface area (Å²) in [6.45, 7) is 4.47. The van der Waals surface area contributed by atoms with Gasteiger partial charge in [-0.05, 0) is 47.6 Å². The summed E-state index contributed by atoms with van der Waals surface area (Å²) in [4.78, 5) is 13.5. The lowest BCUT2D eigenvalue weighted by Crippen LogP contribution is -2.24. The molecule has 8 nitrogen and oxygen atoms in total. The average molecular weight is 447 g/mol. The predicted molar refractivity (Wildman–Crippen MR) is 115 cm³/mol. The zero-order valence-corrected chi connectivity index (χ0v) is 18.8. The molecule has 1 heterocycles. The van der Waals surface area contributed by atoms with Crippen LogP contribution in [0.2, 0.25) is 0 Å². The molecule has 2 aliphatic carbocycles. The molecule has 0 saturated heterocycles. The van der Waals surface area contributed by atoms with Gasteiger partial charge in [0.05, 0.1) is 12.7 Å². The molecular weight excluding hydrogens is 416 g/mol. The number of rotatable bonds is 7. The van der Waals surface area contributed by atoms with Crippen LogP contribution in [-0.2, 0) is 32.7 Å². The van der Waals surface area contributed by atoms with Crippen LogP contribution in [-0.4, -0.2) is 41.2 Å². The zero-order valence-electron chi connectivity index (χ0n) is 17.9. The Morgan fingerprint density at radius 3 is 2.61 bits per heavy atom. The molecule has 1 saturated carbocycles. The van der Waals surface area contributed by atoms with Crippen molar-refractivity contribution in [3.8, 4) is 0 Å². The largest absolute Gasteiger partial charge is 0.393 e. The summed E-state index contributed by atoms with van der Waals surface area (Å²) in [5.74, 6) is 1.78. The smallest absolute Gasteiger partial charge is 0.333 e. The Labute approximate surface area is 183 Å². The first-order valence-electron chi connectivity index (χ1n) is 10.7. The monoisotopic (exact) mass is 446 g/mol. The summed E-state index contributed by atoms with van der Waals surface area (Å²) >= 11 is 0. The van der Waals surface area contributed by atoms with E-state index in [0.717, 1.165) is 18.7 Å². The molecule has 9 heteroatoms. The molecule has 2 aliphatic rings. The van der Waals surface area contributed by atoms with Crippen LogP contribution >= 0.6 is 0 Å². The molecule has 0 aliphatic heterocycles. The quantitative estimate of drug-likeness (QED) is 0.666. The van der Waals surface area contributed by atoms with Crippen LogP contribution in [0.4, 0.5) is 0 Å². The highest BCUT2D eigenvalue weighted by Crippen LogP contribution is 2.46. The van der Waals surface area contributed by atoms with Crippen LogP contribution in [0, 0.1) is 11.8 Å². The van der Waals surface area contributed by atoms with Crippen molar-refractivity contribution in [1.82, 2.24) is 15.0 Å². The van der Waals surface area contributed by atoms with Crippen LogP contribution in [0.25, 0.3) is 0 Å². The number of fused-ring (bicyclic) bond motifs is 1. The molecular formula is C22H30N4O4S. The fourth-order valence-electron chi connectivity index (χ4n) is 5.27. The van der Waals surface area contributed by atoms with Crippen molar-refractivity contribution in [3.63, 3.8) is 0 Å². The van der Waals surface area contributed by atoms with Gasteiger partial charge in [-0.3, -0.25) is 4.18 Å². The minimum absolute atomic E-state index is 0.101. The Morgan fingerprint density at radius 2 is 1.87 bits per heavy atom. The Hall–Kier alpha value is -1.94. The second kappa shape index (κ2) is 8.54. The van der Waals surface area contributed by atoms with Crippen LogP contribution in [0.5, 0.6) is 0 Å². The summed E-state index contributed by atoms with van der Waals surface area (Å²) in [6.07, 6.45) is 4.60. The fourth-order valence-corrected chi connectivity index (χ4v) is 5.64. The van der Waals surface area contributed by atoms with Gasteiger partial charge in [-0.2, -0.15) is 8.42 Å². The molecule has 1 aromatic heterocycles. The van der Waals surface area contributed by atoms with Crippen LogP contribution in [0.15, 0.2) is 30.6 Å². The Bertz CT molecular complexity index is 1040. The number of aliphatic hydroxyl groups excluding tert-OH is 1. The molecule has 0 radical (unpaired) electrons. The van der Waals surface area contributed by atoms with Crippen molar-refractivity contribution in [2.45, 2.75) is 63.4 Å². The molecule has 0 bridgehead atoms. The molecule has 31 heavy (non-hydrogen) atoms. The third-order valence-corrected chi connectivity index (χ3v) is 7.12. The van der Waals surface area contributed by atoms with Gasteiger partial charge in [-0.15, -0.1) is 0 Å². The van der Waals surface area contributed by atoms with Gasteiger partial charge < -0.3 is 5.11 Å². The van der Waals surface area contributed by atoms with Crippen molar-refractivity contribution >= 4 is 10.3 Å². The maximum atomic E-state index is 11.0. The molecule has 4 atom stereocenters. The van der Waals surface area contributed by atoms with E-state index in [-0.39, 0.29) is 23.9 Å². The van der Waals surface area contributed by atoms with Gasteiger partial charge in [-0.25, -0.2) is 20.1 Å². The number of aromatic nitrogens is 3. The van der Waals surface area contributed by atoms with E-state index in [1.807, 2.05) is 0 Å². The normalized spacial score (nSPS) is 27.4. The fraction of sp³-hybridized carbons (Fsp3) is 0.591. The molecule has 1 aromatic carbocycles. The van der Waals surface area contributed by atoms with Crippen molar-refractivity contribution in [2.24, 2.45) is 17.0 Å². The lowest BCUT2D eigenvalue weighted by atomic mass is 9.86. The lowest BCUT2D eigenvalue weighted by molar-refractivity contribution is 0.100. The van der Waals surface area contributed by atoms with Crippen LogP contribution in [0.3, 0.4) is 0 Å². The number of nitrogens with zero attached hydrogens (tertiary/aromatic N) is 3. The second-order valence-electron chi connectivity index (χ2n) is 9.54. The van der Waals surface area contributed by atoms with Gasteiger partial charge in [0.2, 0.25) is 0 Å². The van der Waals surface area contributed by atoms with E-state index in [2.05, 4.69) is 52.3 Å². The average Bonchev–Trinajstić information content (AvgIpc) is 3.16. The van der Waals surface area contributed by atoms with Crippen LogP contribution in [0.1, 0.15) is 61.8 Å². The van der Waals surface area contributed by atoms with E-state index in [1.165, 1.54) is 11.1 Å². The predicted octanol–water partition coefficient (Wildman–Crippen LogP) is 2.03. The Balaban J connectivity index is 1.40. The summed E-state index contributed by atoms with van der Waals surface area (Å²) in [6, 6.07) is 8.62. The minimum atomic E-state index is -4.00. The highest BCUT2D eigenvalue weighted by Gasteiger charge is 2.37. The van der Waals surface area contributed by atoms with E-state index >= 15 is 0 Å². The number of benzene rings is 1. The van der Waals surface area contributed by atoms with Crippen molar-refractivity contribution < 1.29 is 17.7 Å². The SMILES string of the molecule is CC1(C)CC(Cc2ncnc(C[C@@H]3C[C@@H](COS(N)(=O)=O)[C@@H](O)C3)n2)c2ccccc21. The highest BCUT2D eigenvalue weighted by molar-refractivity contribution is 7.84. The Morgan fingerprint density at radius 1 is 1.16 bits per heavy atom. The van der Waals surface area contributed by atoms with E-state index in [1.54, 1.807) is 6.33 Å². The van der Waals surface area contributed by atoms with Gasteiger partial charge in [0.15, 0.2) is 0 Å². The number of aliphatic hydroxyl groups is 1. The van der Waals surface area contributed by atoms with E-state index in [0.29, 0.717) is 31.0 Å². The first kappa shape index (κ1) is 22.3. The van der Waals surface area contributed by atoms with Gasteiger partial charge in [0.1, 0.15) is 18.0 Å². The summed E-state index contributed by atoms with van der Waals surface area (Å²) in [5, 5.41) is 15.1. The first-order valence-corrected chi connectivity index (χ1v) is 12.2. The van der Waals surface area contributed by atoms with E-state index in [4.69, 9.17) is 10.1 Å². The van der Waals surface area contributed by atoms with Gasteiger partial charge in [0.25, 0.3) is 0 Å². The second-order valence-corrected chi connectivity index (χ2v) is 10.8. The third kappa shape index (κ3) is 5.28. The van der Waals surface area contributed by atoms with Crippen molar-refractivity contribution in [3.05, 3.63) is 53.4 Å². The topological polar surface area (TPSA) is 128 Å². The summed E-state index contributed by atoms with van der Waals surface area (Å²) in [5.41, 5.74) is 2.93. The molecule has 1 fully saturated rings. The third-order valence-electron chi connectivity index (χ3n) is 6.66. The number of hydrogen-bond acceptors (Lipinski definition) is 7. The van der Waals surface area contributed by atoms with Gasteiger partial charge in [0, 0.05) is 18.8 Å². The van der Waals surface area contributed by atoms with Gasteiger partial charge in [-0.1, -0.05) is 38.1 Å². The van der Waals surface area contributed by atoms with Crippen molar-refractivity contribution in [1.29, 1.82) is 0 Å². The number of nitrogens with two attached hydrogens (primary N) is 1. The molecule has 0 amide bonds. The lowest BCUT2D eigenvalue weighted by Gasteiger charge is -2.19. The summed E-state index contributed by atoms with van der Waals surface area (Å²) < 4.78 is 26.7. The zero-order chi connectivity index (χ0) is 22.2. The van der Waals surface area contributed by atoms with E-state index < -0.39 is 16.4 Å². The maximum absolute atomic E-state index is 11.0. The Kier molecular flexibility index (Phi) is 6.13. The summed E-state index contributed by atoms with van der Waals surface area (Å²) in [7, 11) is -4.00. The highest BCUT2D eigenvalue weighted by atomic mass is 32.2. The molecule has 0 spiro atoms. The molecule has 4 rings (SSSR count). The molecule has 1 unspecified atom stereocenters. The minimum Gasteiger partial charge on any atom is -0.393 e. The van der Waals surface area contributed by atoms with Crippen LogP contribution < -0.4 is 5.14 Å². The number of hydrogen-bond donors (Lipinski definition) is 2. The first-order chi connectivity index (χ1) is 14.6. The molecule has 2 aromatic rings.